The van der Waals surface area contributed by atoms with Crippen molar-refractivity contribution < 1.29 is 4.79 Å². The molecule has 1 aromatic heterocycles. The van der Waals surface area contributed by atoms with Crippen molar-refractivity contribution in [3.8, 4) is 6.07 Å². The number of nitrogens with zero attached hydrogens (tertiary/aromatic N) is 3. The Morgan fingerprint density at radius 2 is 2.41 bits per heavy atom. The predicted octanol–water partition coefficient (Wildman–Crippen LogP) is 1.35. The third kappa shape index (κ3) is 3.18. The van der Waals surface area contributed by atoms with Crippen LogP contribution >= 0.6 is 0 Å². The fraction of sp³-hybridized carbons (Fsp3) is 0.417. The van der Waals surface area contributed by atoms with E-state index in [0.29, 0.717) is 12.1 Å². The zero-order valence-electron chi connectivity index (χ0n) is 10.3. The van der Waals surface area contributed by atoms with Crippen molar-refractivity contribution in [2.75, 3.05) is 26.0 Å². The van der Waals surface area contributed by atoms with E-state index < -0.39 is 0 Å². The molecule has 1 rings (SSSR count). The van der Waals surface area contributed by atoms with Crippen molar-refractivity contribution in [1.29, 1.82) is 5.26 Å². The highest BCUT2D eigenvalue weighted by molar-refractivity contribution is 5.99. The van der Waals surface area contributed by atoms with Gasteiger partial charge in [-0.2, -0.15) is 5.26 Å². The average Bonchev–Trinajstić information content (AvgIpc) is 2.37. The summed E-state index contributed by atoms with van der Waals surface area (Å²) >= 11 is 0. The number of carbonyl (C=O) groups is 1. The average molecular weight is 232 g/mol. The monoisotopic (exact) mass is 232 g/mol. The molecule has 0 saturated heterocycles. The number of hydrogen-bond acceptors (Lipinski definition) is 4. The van der Waals surface area contributed by atoms with Gasteiger partial charge in [0.15, 0.2) is 0 Å². The molecule has 1 amide bonds. The number of rotatable bonds is 4. The number of pyridine rings is 1. The molecule has 17 heavy (non-hydrogen) atoms. The molecule has 1 atom stereocenters. The minimum Gasteiger partial charge on any atom is -0.387 e. The number of anilines is 1. The van der Waals surface area contributed by atoms with Crippen molar-refractivity contribution >= 4 is 11.6 Å². The van der Waals surface area contributed by atoms with Crippen LogP contribution in [0.5, 0.6) is 0 Å². The highest BCUT2D eigenvalue weighted by atomic mass is 16.2. The molecule has 0 aliphatic rings. The Bertz CT molecular complexity index is 438. The van der Waals surface area contributed by atoms with Crippen LogP contribution in [-0.4, -0.2) is 36.4 Å². The van der Waals surface area contributed by atoms with E-state index in [4.69, 9.17) is 5.26 Å². The van der Waals surface area contributed by atoms with Crippen LogP contribution in [0.3, 0.4) is 0 Å². The topological polar surface area (TPSA) is 69.0 Å². The smallest absolute Gasteiger partial charge is 0.257 e. The molecule has 0 spiro atoms. The van der Waals surface area contributed by atoms with Gasteiger partial charge in [0.2, 0.25) is 0 Å². The number of amides is 1. The highest BCUT2D eigenvalue weighted by Crippen LogP contribution is 2.15. The first kappa shape index (κ1) is 13.0. The van der Waals surface area contributed by atoms with Crippen LogP contribution in [-0.2, 0) is 0 Å². The molecule has 0 aliphatic heterocycles. The summed E-state index contributed by atoms with van der Waals surface area (Å²) in [6.45, 7) is 2.19. The van der Waals surface area contributed by atoms with Gasteiger partial charge in [0.05, 0.1) is 17.6 Å². The number of nitriles is 1. The van der Waals surface area contributed by atoms with Gasteiger partial charge in [-0.1, -0.05) is 0 Å². The van der Waals surface area contributed by atoms with Crippen molar-refractivity contribution in [3.63, 3.8) is 0 Å². The first-order valence-electron chi connectivity index (χ1n) is 5.37. The summed E-state index contributed by atoms with van der Waals surface area (Å²) in [5.74, 6) is -0.316. The fourth-order valence-electron chi connectivity index (χ4n) is 1.52. The van der Waals surface area contributed by atoms with Gasteiger partial charge < -0.3 is 10.2 Å². The molecule has 0 bridgehead atoms. The summed E-state index contributed by atoms with van der Waals surface area (Å²) in [5.41, 5.74) is 1.25. The summed E-state index contributed by atoms with van der Waals surface area (Å²) in [5, 5.41) is 11.7. The molecule has 0 aromatic carbocycles. The molecular weight excluding hydrogens is 216 g/mol. The van der Waals surface area contributed by atoms with Crippen LogP contribution in [0.2, 0.25) is 0 Å². The second kappa shape index (κ2) is 5.85. The lowest BCUT2D eigenvalue weighted by Crippen LogP contribution is -2.31. The van der Waals surface area contributed by atoms with E-state index in [0.717, 1.165) is 5.69 Å². The largest absolute Gasteiger partial charge is 0.387 e. The van der Waals surface area contributed by atoms with E-state index >= 15 is 0 Å². The minimum atomic E-state index is -0.182. The quantitative estimate of drug-likeness (QED) is 0.850. The van der Waals surface area contributed by atoms with Crippen LogP contribution in [0.4, 0.5) is 5.69 Å². The second-order valence-electron chi connectivity index (χ2n) is 3.89. The Labute approximate surface area is 101 Å². The summed E-state index contributed by atoms with van der Waals surface area (Å²) < 4.78 is 0. The molecule has 0 saturated carbocycles. The van der Waals surface area contributed by atoms with Crippen LogP contribution in [0.15, 0.2) is 18.5 Å². The predicted molar refractivity (Wildman–Crippen MR) is 65.5 cm³/mol. The first-order valence-corrected chi connectivity index (χ1v) is 5.37. The lowest BCUT2D eigenvalue weighted by Gasteiger charge is -2.19. The van der Waals surface area contributed by atoms with Crippen LogP contribution in [0.25, 0.3) is 0 Å². The molecule has 1 heterocycles. The van der Waals surface area contributed by atoms with Gasteiger partial charge in [0.1, 0.15) is 0 Å². The maximum absolute atomic E-state index is 12.1. The molecule has 0 aliphatic carbocycles. The fourth-order valence-corrected chi connectivity index (χ4v) is 1.52. The molecule has 1 N–H and O–H groups in total. The van der Waals surface area contributed by atoms with Crippen molar-refractivity contribution in [3.05, 3.63) is 24.0 Å². The number of carbonyl (C=O) groups excluding carboxylic acids is 1. The molecular formula is C12H16N4O. The van der Waals surface area contributed by atoms with Gasteiger partial charge in [-0.05, 0) is 13.0 Å². The Hall–Kier alpha value is -2.09. The Balaban J connectivity index is 2.86. The van der Waals surface area contributed by atoms with Gasteiger partial charge in [-0.15, -0.1) is 0 Å². The highest BCUT2D eigenvalue weighted by Gasteiger charge is 2.17. The van der Waals surface area contributed by atoms with Crippen LogP contribution in [0, 0.1) is 17.2 Å². The molecule has 5 heteroatoms. The number of nitrogens with one attached hydrogen (secondary N) is 1. The zero-order chi connectivity index (χ0) is 12.8. The minimum absolute atomic E-state index is 0.135. The molecule has 1 unspecified atom stereocenters. The van der Waals surface area contributed by atoms with Gasteiger partial charge in [-0.25, -0.2) is 0 Å². The van der Waals surface area contributed by atoms with Gasteiger partial charge >= 0.3 is 0 Å². The standard InChI is InChI=1S/C12H16N4O/c1-9(6-13)8-16(3)12(17)10-7-15-5-4-11(10)14-2/h4-5,7,9H,8H2,1-3H3,(H,14,15). The van der Waals surface area contributed by atoms with Crippen LogP contribution < -0.4 is 5.32 Å². The Morgan fingerprint density at radius 3 is 3.00 bits per heavy atom. The third-order valence-electron chi connectivity index (χ3n) is 2.44. The third-order valence-corrected chi connectivity index (χ3v) is 2.44. The lowest BCUT2D eigenvalue weighted by atomic mass is 10.1. The van der Waals surface area contributed by atoms with E-state index in [1.54, 1.807) is 33.3 Å². The van der Waals surface area contributed by atoms with Gasteiger partial charge in [-0.3, -0.25) is 9.78 Å². The number of aromatic nitrogens is 1. The SMILES string of the molecule is CNc1ccncc1C(=O)N(C)CC(C)C#N. The lowest BCUT2D eigenvalue weighted by molar-refractivity contribution is 0.0785. The van der Waals surface area contributed by atoms with E-state index in [1.807, 2.05) is 0 Å². The Morgan fingerprint density at radius 1 is 1.71 bits per heavy atom. The van der Waals surface area contributed by atoms with Crippen LogP contribution in [0.1, 0.15) is 17.3 Å². The molecule has 1 aromatic rings. The van der Waals surface area contributed by atoms with Crippen molar-refractivity contribution in [1.82, 2.24) is 9.88 Å². The normalized spacial score (nSPS) is 11.4. The van der Waals surface area contributed by atoms with Crippen molar-refractivity contribution in [2.24, 2.45) is 5.92 Å². The molecule has 5 nitrogen and oxygen atoms in total. The van der Waals surface area contributed by atoms with Crippen molar-refractivity contribution in [2.45, 2.75) is 6.92 Å². The first-order chi connectivity index (χ1) is 8.10. The maximum Gasteiger partial charge on any atom is 0.257 e. The Kier molecular flexibility index (Phi) is 4.46. The summed E-state index contributed by atoms with van der Waals surface area (Å²) in [4.78, 5) is 17.6. The maximum atomic E-state index is 12.1. The van der Waals surface area contributed by atoms with Gasteiger partial charge in [0.25, 0.3) is 5.91 Å². The van der Waals surface area contributed by atoms with E-state index in [-0.39, 0.29) is 11.8 Å². The van der Waals surface area contributed by atoms with E-state index in [9.17, 15) is 4.79 Å². The summed E-state index contributed by atoms with van der Waals surface area (Å²) in [6, 6.07) is 3.85. The molecule has 90 valence electrons. The van der Waals surface area contributed by atoms with Gasteiger partial charge in [0, 0.05) is 38.7 Å². The molecule has 0 fully saturated rings. The zero-order valence-corrected chi connectivity index (χ0v) is 10.3. The van der Waals surface area contributed by atoms with E-state index in [1.165, 1.54) is 11.1 Å². The summed E-state index contributed by atoms with van der Waals surface area (Å²) in [6.07, 6.45) is 3.15. The number of hydrogen-bond donors (Lipinski definition) is 1. The van der Waals surface area contributed by atoms with E-state index in [2.05, 4.69) is 16.4 Å². The molecule has 0 radical (unpaired) electrons. The summed E-state index contributed by atoms with van der Waals surface area (Å²) in [7, 11) is 3.44. The second-order valence-corrected chi connectivity index (χ2v) is 3.89.